The van der Waals surface area contributed by atoms with Crippen molar-refractivity contribution >= 4 is 15.9 Å². The standard InChI is InChI=1S/C13H17BrFNO/c14-13-11(4-1-5-12(13)15)9-17-8-10-3-2-6-16-7-10/h1,4-5,10,16H,2-3,6-9H2. The molecule has 17 heavy (non-hydrogen) atoms. The van der Waals surface area contributed by atoms with Crippen molar-refractivity contribution in [1.82, 2.24) is 5.32 Å². The molecule has 2 rings (SSSR count). The summed E-state index contributed by atoms with van der Waals surface area (Å²) in [4.78, 5) is 0. The van der Waals surface area contributed by atoms with Crippen LogP contribution in [0.2, 0.25) is 0 Å². The average Bonchev–Trinajstić information content (AvgIpc) is 2.36. The Labute approximate surface area is 110 Å². The van der Waals surface area contributed by atoms with E-state index in [9.17, 15) is 4.39 Å². The van der Waals surface area contributed by atoms with Crippen molar-refractivity contribution in [1.29, 1.82) is 0 Å². The summed E-state index contributed by atoms with van der Waals surface area (Å²) in [6.07, 6.45) is 2.44. The first-order valence-electron chi connectivity index (χ1n) is 5.98. The maximum absolute atomic E-state index is 13.2. The topological polar surface area (TPSA) is 21.3 Å². The van der Waals surface area contributed by atoms with E-state index in [1.807, 2.05) is 6.07 Å². The number of benzene rings is 1. The predicted octanol–water partition coefficient (Wildman–Crippen LogP) is 3.10. The van der Waals surface area contributed by atoms with Crippen LogP contribution in [0.5, 0.6) is 0 Å². The smallest absolute Gasteiger partial charge is 0.137 e. The molecule has 94 valence electrons. The molecule has 1 aliphatic heterocycles. The molecule has 1 fully saturated rings. The van der Waals surface area contributed by atoms with E-state index < -0.39 is 0 Å². The number of hydrogen-bond acceptors (Lipinski definition) is 2. The van der Waals surface area contributed by atoms with Crippen LogP contribution in [0.3, 0.4) is 0 Å². The van der Waals surface area contributed by atoms with Crippen molar-refractivity contribution in [3.8, 4) is 0 Å². The predicted molar refractivity (Wildman–Crippen MR) is 69.3 cm³/mol. The molecule has 0 aliphatic carbocycles. The van der Waals surface area contributed by atoms with Crippen LogP contribution in [0.1, 0.15) is 18.4 Å². The molecule has 1 saturated heterocycles. The molecule has 1 heterocycles. The maximum Gasteiger partial charge on any atom is 0.137 e. The molecule has 1 atom stereocenters. The van der Waals surface area contributed by atoms with Crippen LogP contribution in [0.15, 0.2) is 22.7 Å². The van der Waals surface area contributed by atoms with Gasteiger partial charge in [0.1, 0.15) is 5.82 Å². The van der Waals surface area contributed by atoms with E-state index in [4.69, 9.17) is 4.74 Å². The lowest BCUT2D eigenvalue weighted by molar-refractivity contribution is 0.0778. The second kappa shape index (κ2) is 6.47. The second-order valence-electron chi connectivity index (χ2n) is 4.44. The van der Waals surface area contributed by atoms with Crippen LogP contribution < -0.4 is 5.32 Å². The lowest BCUT2D eigenvalue weighted by atomic mass is 10.0. The SMILES string of the molecule is Fc1cccc(COCC2CCCNC2)c1Br. The summed E-state index contributed by atoms with van der Waals surface area (Å²) in [6, 6.07) is 5.03. The van der Waals surface area contributed by atoms with Gasteiger partial charge in [-0.3, -0.25) is 0 Å². The number of ether oxygens (including phenoxy) is 1. The molecule has 1 N–H and O–H groups in total. The molecule has 1 aromatic carbocycles. The van der Waals surface area contributed by atoms with Crippen LogP contribution in [-0.2, 0) is 11.3 Å². The van der Waals surface area contributed by atoms with Gasteiger partial charge >= 0.3 is 0 Å². The van der Waals surface area contributed by atoms with Crippen molar-refractivity contribution in [2.24, 2.45) is 5.92 Å². The van der Waals surface area contributed by atoms with E-state index in [2.05, 4.69) is 21.2 Å². The van der Waals surface area contributed by atoms with Gasteiger partial charge in [0.25, 0.3) is 0 Å². The van der Waals surface area contributed by atoms with Gasteiger partial charge in [-0.1, -0.05) is 12.1 Å². The fourth-order valence-corrected chi connectivity index (χ4v) is 2.44. The Kier molecular flexibility index (Phi) is 4.95. The van der Waals surface area contributed by atoms with Crippen LogP contribution in [0, 0.1) is 11.7 Å². The third-order valence-electron chi connectivity index (χ3n) is 3.04. The molecule has 0 spiro atoms. The summed E-state index contributed by atoms with van der Waals surface area (Å²) >= 11 is 3.24. The number of nitrogens with one attached hydrogen (secondary N) is 1. The molecule has 2 nitrogen and oxygen atoms in total. The number of hydrogen-bond donors (Lipinski definition) is 1. The van der Waals surface area contributed by atoms with Crippen molar-refractivity contribution in [2.75, 3.05) is 19.7 Å². The Morgan fingerprint density at radius 1 is 1.47 bits per heavy atom. The average molecular weight is 302 g/mol. The molecule has 0 bridgehead atoms. The van der Waals surface area contributed by atoms with E-state index in [0.717, 1.165) is 25.3 Å². The molecule has 0 aromatic heterocycles. The molecular formula is C13H17BrFNO. The maximum atomic E-state index is 13.2. The fourth-order valence-electron chi connectivity index (χ4n) is 2.06. The zero-order valence-electron chi connectivity index (χ0n) is 9.72. The highest BCUT2D eigenvalue weighted by atomic mass is 79.9. The summed E-state index contributed by atoms with van der Waals surface area (Å²) in [6.45, 7) is 3.36. The van der Waals surface area contributed by atoms with Gasteiger partial charge in [-0.05, 0) is 52.9 Å². The monoisotopic (exact) mass is 301 g/mol. The van der Waals surface area contributed by atoms with Crippen LogP contribution in [-0.4, -0.2) is 19.7 Å². The molecule has 1 aromatic rings. The fraction of sp³-hybridized carbons (Fsp3) is 0.538. The zero-order chi connectivity index (χ0) is 12.1. The largest absolute Gasteiger partial charge is 0.376 e. The van der Waals surface area contributed by atoms with Crippen LogP contribution in [0.25, 0.3) is 0 Å². The first-order valence-corrected chi connectivity index (χ1v) is 6.78. The Morgan fingerprint density at radius 3 is 3.12 bits per heavy atom. The van der Waals surface area contributed by atoms with Gasteiger partial charge < -0.3 is 10.1 Å². The molecule has 0 saturated carbocycles. The van der Waals surface area contributed by atoms with Gasteiger partial charge in [0, 0.05) is 6.54 Å². The highest BCUT2D eigenvalue weighted by Crippen LogP contribution is 2.21. The third kappa shape index (κ3) is 3.76. The van der Waals surface area contributed by atoms with Gasteiger partial charge in [0.2, 0.25) is 0 Å². The molecule has 0 radical (unpaired) electrons. The molecule has 0 amide bonds. The van der Waals surface area contributed by atoms with Crippen molar-refractivity contribution in [3.05, 3.63) is 34.1 Å². The van der Waals surface area contributed by atoms with Crippen molar-refractivity contribution in [2.45, 2.75) is 19.4 Å². The summed E-state index contributed by atoms with van der Waals surface area (Å²) < 4.78 is 19.4. The molecule has 1 aliphatic rings. The normalized spacial score (nSPS) is 20.5. The second-order valence-corrected chi connectivity index (χ2v) is 5.23. The number of rotatable bonds is 4. The van der Waals surface area contributed by atoms with Gasteiger partial charge in [-0.25, -0.2) is 4.39 Å². The van der Waals surface area contributed by atoms with Crippen molar-refractivity contribution in [3.63, 3.8) is 0 Å². The zero-order valence-corrected chi connectivity index (χ0v) is 11.3. The van der Waals surface area contributed by atoms with E-state index in [1.54, 1.807) is 6.07 Å². The van der Waals surface area contributed by atoms with E-state index in [-0.39, 0.29) is 5.82 Å². The molecular weight excluding hydrogens is 285 g/mol. The Hall–Kier alpha value is -0.450. The number of halogens is 2. The third-order valence-corrected chi connectivity index (χ3v) is 3.93. The minimum absolute atomic E-state index is 0.231. The summed E-state index contributed by atoms with van der Waals surface area (Å²) in [5, 5.41) is 3.35. The van der Waals surface area contributed by atoms with Gasteiger partial charge in [0.15, 0.2) is 0 Å². The van der Waals surface area contributed by atoms with E-state index >= 15 is 0 Å². The summed E-state index contributed by atoms with van der Waals surface area (Å²) in [5.41, 5.74) is 0.869. The van der Waals surface area contributed by atoms with Crippen molar-refractivity contribution < 1.29 is 9.13 Å². The van der Waals surface area contributed by atoms with Gasteiger partial charge in [-0.2, -0.15) is 0 Å². The van der Waals surface area contributed by atoms with E-state index in [1.165, 1.54) is 18.9 Å². The Bertz CT molecular complexity index is 366. The summed E-state index contributed by atoms with van der Waals surface area (Å²) in [7, 11) is 0. The minimum atomic E-state index is -0.231. The highest BCUT2D eigenvalue weighted by molar-refractivity contribution is 9.10. The minimum Gasteiger partial charge on any atom is -0.376 e. The molecule has 1 unspecified atom stereocenters. The Morgan fingerprint density at radius 2 is 2.35 bits per heavy atom. The highest BCUT2D eigenvalue weighted by Gasteiger charge is 2.13. The van der Waals surface area contributed by atoms with Crippen LogP contribution in [0.4, 0.5) is 4.39 Å². The van der Waals surface area contributed by atoms with Gasteiger partial charge in [-0.15, -0.1) is 0 Å². The van der Waals surface area contributed by atoms with Gasteiger partial charge in [0.05, 0.1) is 17.7 Å². The summed E-state index contributed by atoms with van der Waals surface area (Å²) in [5.74, 6) is 0.363. The first-order chi connectivity index (χ1) is 8.27. The quantitative estimate of drug-likeness (QED) is 0.923. The molecule has 4 heteroatoms. The Balaban J connectivity index is 1.79. The first kappa shape index (κ1) is 13.0. The number of piperidine rings is 1. The van der Waals surface area contributed by atoms with Crippen LogP contribution >= 0.6 is 15.9 Å². The van der Waals surface area contributed by atoms with E-state index in [0.29, 0.717) is 17.0 Å². The lowest BCUT2D eigenvalue weighted by Crippen LogP contribution is -2.32. The lowest BCUT2D eigenvalue weighted by Gasteiger charge is -2.22.